The van der Waals surface area contributed by atoms with Crippen LogP contribution >= 0.6 is 0 Å². The Hall–Kier alpha value is -4.46. The molecule has 2 aromatic heterocycles. The van der Waals surface area contributed by atoms with Crippen molar-refractivity contribution in [3.8, 4) is 0 Å². The van der Waals surface area contributed by atoms with Crippen molar-refractivity contribution < 1.29 is 18.0 Å². The van der Waals surface area contributed by atoms with Gasteiger partial charge in [-0.2, -0.15) is 0 Å². The number of pyridine rings is 2. The van der Waals surface area contributed by atoms with Crippen LogP contribution in [0, 0.1) is 24.4 Å². The molecule has 3 aromatic rings. The number of halogens is 3. The Balaban J connectivity index is 1.65. The van der Waals surface area contributed by atoms with E-state index in [4.69, 9.17) is 0 Å². The molecule has 1 amide bonds. The summed E-state index contributed by atoms with van der Waals surface area (Å²) in [6.07, 6.45) is 9.71. The van der Waals surface area contributed by atoms with E-state index in [0.717, 1.165) is 12.3 Å². The molecule has 0 unspecified atom stereocenters. The molecule has 1 aromatic carbocycles. The Kier molecular flexibility index (Phi) is 6.64. The SMILES string of the molecule is C=C(c1cccc(F)c1F)N1C=CC=C(c2cnc(C)c(C(=O)Nc3ccc(F)cn3)c2)/C1=C/C. The number of amides is 1. The zero-order valence-corrected chi connectivity index (χ0v) is 19.0. The number of allylic oxidation sites excluding steroid dienone is 4. The Morgan fingerprint density at radius 1 is 1.09 bits per heavy atom. The third-order valence-corrected chi connectivity index (χ3v) is 5.47. The maximum absolute atomic E-state index is 14.4. The Morgan fingerprint density at radius 3 is 2.60 bits per heavy atom. The molecule has 0 atom stereocenters. The summed E-state index contributed by atoms with van der Waals surface area (Å²) in [6, 6.07) is 8.17. The lowest BCUT2D eigenvalue weighted by Gasteiger charge is -2.30. The van der Waals surface area contributed by atoms with Crippen molar-refractivity contribution in [2.75, 3.05) is 5.32 Å². The largest absolute Gasteiger partial charge is 0.317 e. The van der Waals surface area contributed by atoms with Gasteiger partial charge in [0.1, 0.15) is 11.6 Å². The van der Waals surface area contributed by atoms with Crippen LogP contribution in [0.1, 0.15) is 34.1 Å². The first-order chi connectivity index (χ1) is 16.8. The van der Waals surface area contributed by atoms with Gasteiger partial charge in [0.05, 0.1) is 17.5 Å². The van der Waals surface area contributed by atoms with Crippen LogP contribution in [-0.2, 0) is 0 Å². The van der Waals surface area contributed by atoms with Gasteiger partial charge in [0, 0.05) is 40.5 Å². The average molecular weight is 474 g/mol. The summed E-state index contributed by atoms with van der Waals surface area (Å²) < 4.78 is 41.4. The van der Waals surface area contributed by atoms with Gasteiger partial charge in [0.2, 0.25) is 0 Å². The lowest BCUT2D eigenvalue weighted by Crippen LogP contribution is -2.20. The maximum Gasteiger partial charge on any atom is 0.258 e. The van der Waals surface area contributed by atoms with Crippen LogP contribution in [-0.4, -0.2) is 20.8 Å². The van der Waals surface area contributed by atoms with Crippen LogP contribution in [0.15, 0.2) is 85.5 Å². The number of carbonyl (C=O) groups is 1. The van der Waals surface area contributed by atoms with Crippen LogP contribution in [0.2, 0.25) is 0 Å². The molecule has 176 valence electrons. The summed E-state index contributed by atoms with van der Waals surface area (Å²) in [7, 11) is 0. The molecule has 5 nitrogen and oxygen atoms in total. The van der Waals surface area contributed by atoms with Gasteiger partial charge in [-0.05, 0) is 50.3 Å². The van der Waals surface area contributed by atoms with E-state index < -0.39 is 23.4 Å². The van der Waals surface area contributed by atoms with Gasteiger partial charge in [-0.1, -0.05) is 24.8 Å². The van der Waals surface area contributed by atoms with E-state index in [1.54, 1.807) is 49.4 Å². The predicted molar refractivity (Wildman–Crippen MR) is 129 cm³/mol. The molecule has 8 heteroatoms. The molecular weight excluding hydrogens is 453 g/mol. The normalized spacial score (nSPS) is 14.1. The molecule has 1 N–H and O–H groups in total. The summed E-state index contributed by atoms with van der Waals surface area (Å²) >= 11 is 0. The quantitative estimate of drug-likeness (QED) is 0.476. The minimum Gasteiger partial charge on any atom is -0.317 e. The first kappa shape index (κ1) is 23.7. The molecule has 0 saturated heterocycles. The average Bonchev–Trinajstić information content (AvgIpc) is 2.86. The van der Waals surface area contributed by atoms with Crippen molar-refractivity contribution in [2.45, 2.75) is 13.8 Å². The summed E-state index contributed by atoms with van der Waals surface area (Å²) in [5.41, 5.74) is 3.06. The fourth-order valence-electron chi connectivity index (χ4n) is 3.69. The Bertz CT molecular complexity index is 1410. The number of nitrogens with zero attached hydrogens (tertiary/aromatic N) is 3. The van der Waals surface area contributed by atoms with Crippen LogP contribution in [0.5, 0.6) is 0 Å². The second-order valence-electron chi connectivity index (χ2n) is 7.69. The van der Waals surface area contributed by atoms with Gasteiger partial charge in [-0.15, -0.1) is 0 Å². The van der Waals surface area contributed by atoms with E-state index in [-0.39, 0.29) is 17.1 Å². The number of hydrogen-bond acceptors (Lipinski definition) is 4. The lowest BCUT2D eigenvalue weighted by atomic mass is 9.97. The van der Waals surface area contributed by atoms with Crippen LogP contribution < -0.4 is 5.32 Å². The third-order valence-electron chi connectivity index (χ3n) is 5.47. The monoisotopic (exact) mass is 474 g/mol. The van der Waals surface area contributed by atoms with Crippen molar-refractivity contribution in [2.24, 2.45) is 0 Å². The van der Waals surface area contributed by atoms with Crippen LogP contribution in [0.25, 0.3) is 11.3 Å². The molecule has 0 aliphatic carbocycles. The lowest BCUT2D eigenvalue weighted by molar-refractivity contribution is 0.102. The number of anilines is 1. The van der Waals surface area contributed by atoms with Gasteiger partial charge >= 0.3 is 0 Å². The Labute approximate surface area is 200 Å². The van der Waals surface area contributed by atoms with Crippen molar-refractivity contribution >= 4 is 23.0 Å². The highest BCUT2D eigenvalue weighted by Gasteiger charge is 2.23. The molecular formula is C27H21F3N4O. The Morgan fingerprint density at radius 2 is 1.89 bits per heavy atom. The highest BCUT2D eigenvalue weighted by Crippen LogP contribution is 2.35. The molecule has 0 fully saturated rings. The smallest absolute Gasteiger partial charge is 0.258 e. The van der Waals surface area contributed by atoms with E-state index >= 15 is 0 Å². The first-order valence-corrected chi connectivity index (χ1v) is 10.7. The van der Waals surface area contributed by atoms with Crippen LogP contribution in [0.3, 0.4) is 0 Å². The second-order valence-corrected chi connectivity index (χ2v) is 7.69. The van der Waals surface area contributed by atoms with Gasteiger partial charge < -0.3 is 10.2 Å². The fourth-order valence-corrected chi connectivity index (χ4v) is 3.69. The van der Waals surface area contributed by atoms with Gasteiger partial charge in [-0.3, -0.25) is 9.78 Å². The molecule has 35 heavy (non-hydrogen) atoms. The minimum atomic E-state index is -0.984. The summed E-state index contributed by atoms with van der Waals surface area (Å²) in [5, 5.41) is 2.64. The number of aromatic nitrogens is 2. The highest BCUT2D eigenvalue weighted by molar-refractivity contribution is 6.05. The van der Waals surface area contributed by atoms with Crippen molar-refractivity contribution in [1.82, 2.24) is 14.9 Å². The molecule has 0 radical (unpaired) electrons. The van der Waals surface area contributed by atoms with Gasteiger partial charge in [0.25, 0.3) is 5.91 Å². The third kappa shape index (κ3) is 4.77. The second kappa shape index (κ2) is 9.80. The predicted octanol–water partition coefficient (Wildman–Crippen LogP) is 6.24. The molecule has 0 bridgehead atoms. The molecule has 1 aliphatic rings. The number of carbonyl (C=O) groups excluding carboxylic acids is 1. The topological polar surface area (TPSA) is 58.1 Å². The number of hydrogen-bond donors (Lipinski definition) is 1. The van der Waals surface area contributed by atoms with E-state index in [1.165, 1.54) is 24.3 Å². The molecule has 1 aliphatic heterocycles. The molecule has 0 spiro atoms. The molecule has 4 rings (SSSR count). The standard InChI is InChI=1S/C27H21F3N4O/c1-4-24-21(8-6-12-34(24)17(3)20-7-5-9-23(29)26(20)30)18-13-22(16(2)31-14-18)27(35)33-25-11-10-19(28)15-32-25/h4-15H,3H2,1-2H3,(H,32,33,35)/b24-4-. The zero-order valence-electron chi connectivity index (χ0n) is 19.0. The molecule has 0 saturated carbocycles. The summed E-state index contributed by atoms with van der Waals surface area (Å²) in [4.78, 5) is 22.8. The summed E-state index contributed by atoms with van der Waals surface area (Å²) in [6.45, 7) is 7.48. The fraction of sp³-hybridized carbons (Fsp3) is 0.0741. The highest BCUT2D eigenvalue weighted by atomic mass is 19.2. The van der Waals surface area contributed by atoms with Crippen molar-refractivity contribution in [3.63, 3.8) is 0 Å². The van der Waals surface area contributed by atoms with E-state index in [1.807, 2.05) is 6.08 Å². The van der Waals surface area contributed by atoms with E-state index in [0.29, 0.717) is 28.1 Å². The number of benzene rings is 1. The van der Waals surface area contributed by atoms with E-state index in [2.05, 4.69) is 21.9 Å². The van der Waals surface area contributed by atoms with Gasteiger partial charge in [-0.25, -0.2) is 18.2 Å². The molecule has 3 heterocycles. The maximum atomic E-state index is 14.4. The minimum absolute atomic E-state index is 0.0316. The first-order valence-electron chi connectivity index (χ1n) is 10.7. The van der Waals surface area contributed by atoms with Crippen LogP contribution in [0.4, 0.5) is 19.0 Å². The van der Waals surface area contributed by atoms with Gasteiger partial charge in [0.15, 0.2) is 11.6 Å². The number of rotatable bonds is 5. The number of aryl methyl sites for hydroxylation is 1. The zero-order chi connectivity index (χ0) is 25.1. The van der Waals surface area contributed by atoms with Crippen molar-refractivity contribution in [1.29, 1.82) is 0 Å². The van der Waals surface area contributed by atoms with E-state index in [9.17, 15) is 18.0 Å². The number of nitrogens with one attached hydrogen (secondary N) is 1. The summed E-state index contributed by atoms with van der Waals surface area (Å²) in [5.74, 6) is -2.70. The van der Waals surface area contributed by atoms with Crippen molar-refractivity contribution in [3.05, 3.63) is 125 Å².